The van der Waals surface area contributed by atoms with Crippen LogP contribution in [0.1, 0.15) is 11.6 Å². The van der Waals surface area contributed by atoms with Gasteiger partial charge in [-0.3, -0.25) is 9.63 Å². The van der Waals surface area contributed by atoms with E-state index >= 15 is 0 Å². The Labute approximate surface area is 81.2 Å². The number of nitrogens with two attached hydrogens (primary N) is 2. The summed E-state index contributed by atoms with van der Waals surface area (Å²) in [7, 11) is 0. The molecule has 0 saturated carbocycles. The van der Waals surface area contributed by atoms with Crippen molar-refractivity contribution in [2.45, 2.75) is 12.3 Å². The zero-order chi connectivity index (χ0) is 10.6. The molecule has 76 valence electrons. The highest BCUT2D eigenvalue weighted by Crippen LogP contribution is 2.11. The quantitative estimate of drug-likeness (QED) is 0.444. The number of aliphatic hydroxyl groups excluding tert-OH is 1. The molecule has 1 unspecified atom stereocenters. The molecule has 0 fully saturated rings. The molecule has 0 spiro atoms. The molecule has 0 aliphatic heterocycles. The Hall–Kier alpha value is -1.27. The third-order valence-electron chi connectivity index (χ3n) is 1.84. The summed E-state index contributed by atoms with van der Waals surface area (Å²) >= 11 is 0. The van der Waals surface area contributed by atoms with Crippen LogP contribution in [0.15, 0.2) is 30.3 Å². The molecular weight excluding hydrogens is 184 g/mol. The van der Waals surface area contributed by atoms with E-state index in [2.05, 4.69) is 10.7 Å². The van der Waals surface area contributed by atoms with Crippen molar-refractivity contribution < 1.29 is 14.7 Å². The van der Waals surface area contributed by atoms with Gasteiger partial charge in [-0.15, -0.1) is 0 Å². The fraction of sp³-hybridized carbons (Fsp3) is 0.222. The van der Waals surface area contributed by atoms with E-state index in [1.807, 2.05) is 0 Å². The van der Waals surface area contributed by atoms with Crippen LogP contribution in [0, 0.1) is 0 Å². The Morgan fingerprint density at radius 1 is 1.36 bits per heavy atom. The smallest absolute Gasteiger partial charge is 0.235 e. The first-order valence-corrected chi connectivity index (χ1v) is 4.04. The van der Waals surface area contributed by atoms with Crippen LogP contribution in [0.3, 0.4) is 0 Å². The maximum atomic E-state index is 11.3. The van der Waals surface area contributed by atoms with Crippen molar-refractivity contribution in [1.29, 1.82) is 0 Å². The van der Waals surface area contributed by atoms with Crippen molar-refractivity contribution in [3.05, 3.63) is 35.9 Å². The van der Waals surface area contributed by atoms with Crippen LogP contribution < -0.4 is 11.6 Å². The molecule has 5 N–H and O–H groups in total. The minimum Gasteiger partial charge on any atom is -0.361 e. The van der Waals surface area contributed by atoms with Gasteiger partial charge in [0.2, 0.25) is 12.1 Å². The van der Waals surface area contributed by atoms with Gasteiger partial charge in [0.25, 0.3) is 0 Å². The first kappa shape index (κ1) is 10.8. The fourth-order valence-electron chi connectivity index (χ4n) is 1.05. The molecule has 2 atom stereocenters. The Morgan fingerprint density at radius 2 is 1.93 bits per heavy atom. The maximum absolute atomic E-state index is 11.3. The Kier molecular flexibility index (Phi) is 3.73. The molecule has 0 aromatic heterocycles. The number of Topliss-reactive ketones (excluding diaryl/α,β-unsaturated/α-hetero) is 1. The molecule has 1 aromatic rings. The third kappa shape index (κ3) is 2.36. The molecule has 0 amide bonds. The van der Waals surface area contributed by atoms with E-state index in [1.54, 1.807) is 30.3 Å². The van der Waals surface area contributed by atoms with Crippen LogP contribution in [0.5, 0.6) is 0 Å². The van der Waals surface area contributed by atoms with Gasteiger partial charge >= 0.3 is 0 Å². The van der Waals surface area contributed by atoms with Crippen LogP contribution >= 0.6 is 0 Å². The summed E-state index contributed by atoms with van der Waals surface area (Å²) < 4.78 is 0. The monoisotopic (exact) mass is 196 g/mol. The van der Waals surface area contributed by atoms with Crippen LogP contribution in [0.4, 0.5) is 0 Å². The minimum atomic E-state index is -1.68. The van der Waals surface area contributed by atoms with Gasteiger partial charge in [0.05, 0.1) is 6.04 Å². The summed E-state index contributed by atoms with van der Waals surface area (Å²) in [4.78, 5) is 15.3. The van der Waals surface area contributed by atoms with Crippen molar-refractivity contribution in [3.63, 3.8) is 0 Å². The van der Waals surface area contributed by atoms with E-state index < -0.39 is 18.1 Å². The average molecular weight is 196 g/mol. The summed E-state index contributed by atoms with van der Waals surface area (Å²) in [5, 5.41) is 8.98. The van der Waals surface area contributed by atoms with Gasteiger partial charge in [0.1, 0.15) is 0 Å². The summed E-state index contributed by atoms with van der Waals surface area (Å²) in [6.45, 7) is 0. The lowest BCUT2D eigenvalue weighted by Gasteiger charge is -2.13. The number of hydrogen-bond acceptors (Lipinski definition) is 5. The molecule has 0 bridgehead atoms. The molecule has 5 heteroatoms. The molecule has 0 radical (unpaired) electrons. The summed E-state index contributed by atoms with van der Waals surface area (Å²) in [6, 6.07) is 7.75. The van der Waals surface area contributed by atoms with Gasteiger partial charge < -0.3 is 10.8 Å². The maximum Gasteiger partial charge on any atom is 0.235 e. The lowest BCUT2D eigenvalue weighted by atomic mass is 10.0. The summed E-state index contributed by atoms with van der Waals surface area (Å²) in [5.74, 6) is 3.99. The van der Waals surface area contributed by atoms with Gasteiger partial charge in [-0.2, -0.15) is 0 Å². The Bertz CT molecular complexity index is 302. The predicted octanol–water partition coefficient (Wildman–Crippen LogP) is -0.536. The SMILES string of the molecule is NOC(O)C(=O)[C@@H](N)c1ccccc1. The van der Waals surface area contributed by atoms with E-state index in [9.17, 15) is 4.79 Å². The largest absolute Gasteiger partial charge is 0.361 e. The van der Waals surface area contributed by atoms with E-state index in [-0.39, 0.29) is 0 Å². The first-order valence-electron chi connectivity index (χ1n) is 4.04. The molecular formula is C9H12N2O3. The number of rotatable bonds is 4. The second kappa shape index (κ2) is 4.83. The third-order valence-corrected chi connectivity index (χ3v) is 1.84. The Balaban J connectivity index is 2.76. The molecule has 0 saturated heterocycles. The van der Waals surface area contributed by atoms with E-state index in [4.69, 9.17) is 10.8 Å². The first-order chi connectivity index (χ1) is 6.66. The molecule has 0 aliphatic rings. The number of aliphatic hydroxyl groups is 1. The average Bonchev–Trinajstić information content (AvgIpc) is 2.27. The molecule has 1 aromatic carbocycles. The predicted molar refractivity (Wildman–Crippen MR) is 49.7 cm³/mol. The van der Waals surface area contributed by atoms with Gasteiger partial charge in [0.15, 0.2) is 0 Å². The molecule has 0 heterocycles. The summed E-state index contributed by atoms with van der Waals surface area (Å²) in [6.07, 6.45) is -1.68. The highest BCUT2D eigenvalue weighted by atomic mass is 16.7. The molecule has 14 heavy (non-hydrogen) atoms. The zero-order valence-corrected chi connectivity index (χ0v) is 7.46. The summed E-state index contributed by atoms with van der Waals surface area (Å²) in [5.41, 5.74) is 6.18. The number of ketones is 1. The van der Waals surface area contributed by atoms with Crippen LogP contribution in [0.25, 0.3) is 0 Å². The topological polar surface area (TPSA) is 98.6 Å². The van der Waals surface area contributed by atoms with Crippen molar-refractivity contribution in [1.82, 2.24) is 0 Å². The number of carbonyl (C=O) groups excluding carboxylic acids is 1. The van der Waals surface area contributed by atoms with E-state index in [1.165, 1.54) is 0 Å². The molecule has 1 rings (SSSR count). The number of hydrogen-bond donors (Lipinski definition) is 3. The van der Waals surface area contributed by atoms with Crippen LogP contribution in [0.2, 0.25) is 0 Å². The van der Waals surface area contributed by atoms with Crippen molar-refractivity contribution in [2.24, 2.45) is 11.6 Å². The van der Waals surface area contributed by atoms with Crippen molar-refractivity contribution in [3.8, 4) is 0 Å². The molecule has 0 aliphatic carbocycles. The standard InChI is InChI=1S/C9H12N2O3/c10-7(8(12)9(13)14-11)6-4-2-1-3-5-6/h1-5,7,9,13H,10-11H2/t7-,9?/m0/s1. The lowest BCUT2D eigenvalue weighted by molar-refractivity contribution is -0.158. The van der Waals surface area contributed by atoms with Gasteiger partial charge in [0, 0.05) is 0 Å². The van der Waals surface area contributed by atoms with Crippen molar-refractivity contribution in [2.75, 3.05) is 0 Å². The zero-order valence-electron chi connectivity index (χ0n) is 7.46. The second-order valence-corrected chi connectivity index (χ2v) is 2.78. The van der Waals surface area contributed by atoms with E-state index in [0.29, 0.717) is 5.56 Å². The molecule has 5 nitrogen and oxygen atoms in total. The Morgan fingerprint density at radius 3 is 2.43 bits per heavy atom. The number of benzene rings is 1. The highest BCUT2D eigenvalue weighted by molar-refractivity contribution is 5.87. The highest BCUT2D eigenvalue weighted by Gasteiger charge is 2.23. The van der Waals surface area contributed by atoms with Crippen LogP contribution in [-0.4, -0.2) is 17.2 Å². The van der Waals surface area contributed by atoms with Crippen molar-refractivity contribution >= 4 is 5.78 Å². The van der Waals surface area contributed by atoms with E-state index in [0.717, 1.165) is 0 Å². The number of carbonyl (C=O) groups is 1. The fourth-order valence-corrected chi connectivity index (χ4v) is 1.05. The normalized spacial score (nSPS) is 14.8. The van der Waals surface area contributed by atoms with Gasteiger partial charge in [-0.05, 0) is 5.56 Å². The lowest BCUT2D eigenvalue weighted by Crippen LogP contribution is -2.35. The van der Waals surface area contributed by atoms with Crippen LogP contribution in [-0.2, 0) is 9.63 Å². The minimum absolute atomic E-state index is 0.605. The van der Waals surface area contributed by atoms with Gasteiger partial charge in [-0.25, -0.2) is 5.90 Å². The van der Waals surface area contributed by atoms with Gasteiger partial charge in [-0.1, -0.05) is 30.3 Å². The second-order valence-electron chi connectivity index (χ2n) is 2.78.